The maximum absolute atomic E-state index is 13.2. The highest BCUT2D eigenvalue weighted by atomic mass is 35.5. The summed E-state index contributed by atoms with van der Waals surface area (Å²) in [4.78, 5) is 2.33. The molecule has 3 aromatic rings. The van der Waals surface area contributed by atoms with Gasteiger partial charge < -0.3 is 5.32 Å². The molecule has 98 valence electrons. The van der Waals surface area contributed by atoms with Crippen molar-refractivity contribution in [2.24, 2.45) is 0 Å². The van der Waals surface area contributed by atoms with Gasteiger partial charge in [-0.15, -0.1) is 22.7 Å². The predicted molar refractivity (Wildman–Crippen MR) is 82.0 cm³/mol. The van der Waals surface area contributed by atoms with Crippen LogP contribution >= 0.6 is 34.3 Å². The quantitative estimate of drug-likeness (QED) is 0.712. The molecule has 3 rings (SSSR count). The van der Waals surface area contributed by atoms with Crippen LogP contribution in [0, 0.1) is 5.82 Å². The van der Waals surface area contributed by atoms with E-state index in [0.29, 0.717) is 0 Å². The molecule has 0 bridgehead atoms. The van der Waals surface area contributed by atoms with E-state index in [2.05, 4.69) is 11.4 Å². The standard InChI is InChI=1S/C14H11ClFNS2/c1-17-14(10-4-5-13(15)19-10)12-6-8-2-3-9(16)7-11(8)18-12/h2-7,14,17H,1H3. The normalized spacial score (nSPS) is 13.0. The maximum Gasteiger partial charge on any atom is 0.124 e. The lowest BCUT2D eigenvalue weighted by Crippen LogP contribution is -2.14. The minimum absolute atomic E-state index is 0.109. The van der Waals surface area contributed by atoms with E-state index in [1.165, 1.54) is 15.8 Å². The second-order valence-corrected chi connectivity index (χ2v) is 7.06. The van der Waals surface area contributed by atoms with Gasteiger partial charge in [-0.2, -0.15) is 0 Å². The predicted octanol–water partition coefficient (Wildman–Crippen LogP) is 5.06. The van der Waals surface area contributed by atoms with Crippen LogP contribution < -0.4 is 5.32 Å². The van der Waals surface area contributed by atoms with E-state index in [0.717, 1.165) is 14.4 Å². The third-order valence-electron chi connectivity index (χ3n) is 2.95. The zero-order valence-electron chi connectivity index (χ0n) is 10.1. The molecule has 1 unspecified atom stereocenters. The van der Waals surface area contributed by atoms with Crippen molar-refractivity contribution in [2.45, 2.75) is 6.04 Å². The van der Waals surface area contributed by atoms with Crippen molar-refractivity contribution >= 4 is 44.4 Å². The lowest BCUT2D eigenvalue weighted by molar-refractivity contribution is 0.630. The van der Waals surface area contributed by atoms with E-state index < -0.39 is 0 Å². The van der Waals surface area contributed by atoms with Gasteiger partial charge in [-0.25, -0.2) is 4.39 Å². The Kier molecular flexibility index (Phi) is 3.58. The van der Waals surface area contributed by atoms with Crippen molar-refractivity contribution in [3.8, 4) is 0 Å². The summed E-state index contributed by atoms with van der Waals surface area (Å²) in [7, 11) is 1.92. The zero-order valence-corrected chi connectivity index (χ0v) is 12.5. The fraction of sp³-hybridized carbons (Fsp3) is 0.143. The molecule has 0 saturated heterocycles. The Morgan fingerprint density at radius 3 is 2.63 bits per heavy atom. The van der Waals surface area contributed by atoms with E-state index in [9.17, 15) is 4.39 Å². The SMILES string of the molecule is CNC(c1ccc(Cl)s1)c1cc2ccc(F)cc2s1. The topological polar surface area (TPSA) is 12.0 Å². The van der Waals surface area contributed by atoms with Gasteiger partial charge in [0.15, 0.2) is 0 Å². The number of hydrogen-bond acceptors (Lipinski definition) is 3. The smallest absolute Gasteiger partial charge is 0.124 e. The highest BCUT2D eigenvalue weighted by Gasteiger charge is 2.17. The van der Waals surface area contributed by atoms with Gasteiger partial charge in [-0.1, -0.05) is 17.7 Å². The Morgan fingerprint density at radius 1 is 1.11 bits per heavy atom. The molecule has 1 atom stereocenters. The van der Waals surface area contributed by atoms with Gasteiger partial charge in [0.2, 0.25) is 0 Å². The number of rotatable bonds is 3. The minimum Gasteiger partial charge on any atom is -0.308 e. The first-order valence-electron chi connectivity index (χ1n) is 5.79. The number of fused-ring (bicyclic) bond motifs is 1. The number of thiophene rings is 2. The van der Waals surface area contributed by atoms with Gasteiger partial charge >= 0.3 is 0 Å². The summed E-state index contributed by atoms with van der Waals surface area (Å²) >= 11 is 9.17. The second kappa shape index (κ2) is 5.21. The largest absolute Gasteiger partial charge is 0.308 e. The summed E-state index contributed by atoms with van der Waals surface area (Å²) in [6, 6.07) is 11.0. The first kappa shape index (κ1) is 13.1. The van der Waals surface area contributed by atoms with Crippen molar-refractivity contribution in [2.75, 3.05) is 7.05 Å². The molecule has 1 N–H and O–H groups in total. The molecule has 0 aliphatic rings. The molecule has 0 aliphatic heterocycles. The van der Waals surface area contributed by atoms with E-state index in [1.54, 1.807) is 28.7 Å². The summed E-state index contributed by atoms with van der Waals surface area (Å²) in [6.45, 7) is 0. The van der Waals surface area contributed by atoms with Gasteiger partial charge in [-0.05, 0) is 42.8 Å². The highest BCUT2D eigenvalue weighted by molar-refractivity contribution is 7.19. The fourth-order valence-electron chi connectivity index (χ4n) is 2.08. The van der Waals surface area contributed by atoms with Crippen molar-refractivity contribution in [3.63, 3.8) is 0 Å². The van der Waals surface area contributed by atoms with Gasteiger partial charge in [0.1, 0.15) is 5.82 Å². The third kappa shape index (κ3) is 2.54. The van der Waals surface area contributed by atoms with Crippen LogP contribution in [0.15, 0.2) is 36.4 Å². The van der Waals surface area contributed by atoms with Crippen molar-refractivity contribution in [1.29, 1.82) is 0 Å². The molecular weight excluding hydrogens is 301 g/mol. The summed E-state index contributed by atoms with van der Waals surface area (Å²) in [6.07, 6.45) is 0. The molecular formula is C14H11ClFNS2. The van der Waals surface area contributed by atoms with E-state index in [-0.39, 0.29) is 11.9 Å². The van der Waals surface area contributed by atoms with E-state index in [4.69, 9.17) is 11.6 Å². The molecule has 2 heterocycles. The summed E-state index contributed by atoms with van der Waals surface area (Å²) in [5.74, 6) is -0.193. The van der Waals surface area contributed by atoms with Crippen LogP contribution in [0.2, 0.25) is 4.34 Å². The van der Waals surface area contributed by atoms with E-state index >= 15 is 0 Å². The third-order valence-corrected chi connectivity index (χ3v) is 5.41. The molecule has 5 heteroatoms. The molecule has 0 radical (unpaired) electrons. The van der Waals surface area contributed by atoms with Crippen LogP contribution in [0.25, 0.3) is 10.1 Å². The number of halogens is 2. The van der Waals surface area contributed by atoms with Crippen LogP contribution in [0.3, 0.4) is 0 Å². The summed E-state index contributed by atoms with van der Waals surface area (Å²) in [5, 5.41) is 4.37. The van der Waals surface area contributed by atoms with Crippen LogP contribution in [-0.2, 0) is 0 Å². The van der Waals surface area contributed by atoms with Crippen molar-refractivity contribution < 1.29 is 4.39 Å². The van der Waals surface area contributed by atoms with E-state index in [1.807, 2.05) is 25.2 Å². The van der Waals surface area contributed by atoms with Crippen LogP contribution in [-0.4, -0.2) is 7.05 Å². The Bertz CT molecular complexity index is 719. The molecule has 0 spiro atoms. The summed E-state index contributed by atoms with van der Waals surface area (Å²) in [5.41, 5.74) is 0. The second-order valence-electron chi connectivity index (χ2n) is 4.19. The first-order valence-corrected chi connectivity index (χ1v) is 7.80. The number of benzene rings is 1. The van der Waals surface area contributed by atoms with Crippen molar-refractivity contribution in [1.82, 2.24) is 5.32 Å². The number of hydrogen-bond donors (Lipinski definition) is 1. The molecule has 0 amide bonds. The molecule has 2 aromatic heterocycles. The summed E-state index contributed by atoms with van der Waals surface area (Å²) < 4.78 is 15.0. The zero-order chi connectivity index (χ0) is 13.4. The number of nitrogens with one attached hydrogen (secondary N) is 1. The van der Waals surface area contributed by atoms with Gasteiger partial charge in [0, 0.05) is 14.5 Å². The Labute approximate surface area is 123 Å². The maximum atomic E-state index is 13.2. The van der Waals surface area contributed by atoms with Gasteiger partial charge in [0.05, 0.1) is 10.4 Å². The molecule has 0 aliphatic carbocycles. The van der Waals surface area contributed by atoms with Crippen LogP contribution in [0.5, 0.6) is 0 Å². The lowest BCUT2D eigenvalue weighted by Gasteiger charge is -2.11. The average Bonchev–Trinajstić information content (AvgIpc) is 2.96. The Balaban J connectivity index is 2.06. The molecule has 1 aromatic carbocycles. The molecule has 1 nitrogen and oxygen atoms in total. The first-order chi connectivity index (χ1) is 9.17. The Morgan fingerprint density at radius 2 is 1.95 bits per heavy atom. The van der Waals surface area contributed by atoms with Crippen LogP contribution in [0.4, 0.5) is 4.39 Å². The Hall–Kier alpha value is -0.940. The fourth-order valence-corrected chi connectivity index (χ4v) is 4.56. The molecule has 19 heavy (non-hydrogen) atoms. The molecule has 0 fully saturated rings. The molecule has 0 saturated carbocycles. The van der Waals surface area contributed by atoms with Gasteiger partial charge in [-0.3, -0.25) is 0 Å². The average molecular weight is 312 g/mol. The highest BCUT2D eigenvalue weighted by Crippen LogP contribution is 2.36. The minimum atomic E-state index is -0.193. The van der Waals surface area contributed by atoms with Crippen molar-refractivity contribution in [3.05, 3.63) is 56.3 Å². The van der Waals surface area contributed by atoms with Gasteiger partial charge in [0.25, 0.3) is 0 Å². The van der Waals surface area contributed by atoms with Crippen LogP contribution in [0.1, 0.15) is 15.8 Å². The lowest BCUT2D eigenvalue weighted by atomic mass is 10.2. The monoisotopic (exact) mass is 311 g/mol.